The first-order valence-electron chi connectivity index (χ1n) is 39.1. The summed E-state index contributed by atoms with van der Waals surface area (Å²) in [5.41, 5.74) is 33.4. The number of nitrogens with zero attached hydrogens (tertiary/aromatic N) is 4. The summed E-state index contributed by atoms with van der Waals surface area (Å²) in [6, 6.07) is 147. The van der Waals surface area contributed by atoms with Gasteiger partial charge < -0.3 is 27.1 Å². The molecule has 0 atom stereocenters. The van der Waals surface area contributed by atoms with Gasteiger partial charge in [-0.2, -0.15) is 0 Å². The summed E-state index contributed by atoms with van der Waals surface area (Å²) >= 11 is 0. The van der Waals surface area contributed by atoms with Gasteiger partial charge in [0, 0.05) is 93.5 Å². The highest BCUT2D eigenvalue weighted by Crippen LogP contribution is 2.46. The number of furan rings is 2. The van der Waals surface area contributed by atoms with Crippen molar-refractivity contribution in [2.45, 2.75) is 0 Å². The van der Waals surface area contributed by atoms with Crippen molar-refractivity contribution in [3.63, 3.8) is 0 Å². The molecule has 24 rings (SSSR count). The third-order valence-electron chi connectivity index (χ3n) is 24.0. The molecule has 0 aliphatic carbocycles. The summed E-state index contributed by atoms with van der Waals surface area (Å²) in [6.07, 6.45) is 0. The molecule has 6 heteroatoms. The number of aromatic nitrogens is 4. The van der Waals surface area contributed by atoms with Crippen LogP contribution in [0, 0.1) is 0 Å². The Morgan fingerprint density at radius 1 is 0.140 bits per heavy atom. The Morgan fingerprint density at radius 3 is 0.912 bits per heavy atom. The van der Waals surface area contributed by atoms with Gasteiger partial charge in [-0.25, -0.2) is 0 Å². The summed E-state index contributed by atoms with van der Waals surface area (Å²) in [5, 5.41) is 14.2. The van der Waals surface area contributed by atoms with E-state index < -0.39 is 0 Å². The molecule has 0 aliphatic heterocycles. The van der Waals surface area contributed by atoms with E-state index in [2.05, 4.69) is 407 Å². The van der Waals surface area contributed by atoms with Crippen molar-refractivity contribution in [3.8, 4) is 101 Å². The van der Waals surface area contributed by atoms with Crippen LogP contribution in [0.3, 0.4) is 0 Å². The third kappa shape index (κ3) is 10.0. The molecule has 0 fully saturated rings. The molecule has 6 nitrogen and oxygen atoms in total. The van der Waals surface area contributed by atoms with Crippen molar-refractivity contribution in [3.05, 3.63) is 400 Å². The average molecular weight is 1450 g/mol. The average Bonchev–Trinajstić information content (AvgIpc) is 1.58. The van der Waals surface area contributed by atoms with Gasteiger partial charge in [0.15, 0.2) is 5.58 Å². The van der Waals surface area contributed by atoms with Crippen LogP contribution in [0.5, 0.6) is 0 Å². The lowest BCUT2D eigenvalue weighted by atomic mass is 9.96. The summed E-state index contributed by atoms with van der Waals surface area (Å²) in [6.45, 7) is 0. The predicted octanol–water partition coefficient (Wildman–Crippen LogP) is 29.5. The van der Waals surface area contributed by atoms with E-state index in [1.165, 1.54) is 65.3 Å². The summed E-state index contributed by atoms with van der Waals surface area (Å²) in [4.78, 5) is 0. The summed E-state index contributed by atoms with van der Waals surface area (Å²) in [7, 11) is 0. The maximum absolute atomic E-state index is 6.68. The van der Waals surface area contributed by atoms with E-state index >= 15 is 0 Å². The largest absolute Gasteiger partial charge is 0.456 e. The first-order valence-corrected chi connectivity index (χ1v) is 39.1. The zero-order valence-electron chi connectivity index (χ0n) is 61.7. The van der Waals surface area contributed by atoms with Crippen LogP contribution in [0.25, 0.3) is 232 Å². The van der Waals surface area contributed by atoms with Gasteiger partial charge >= 0.3 is 0 Å². The van der Waals surface area contributed by atoms with Crippen LogP contribution in [0.15, 0.2) is 409 Å². The van der Waals surface area contributed by atoms with E-state index in [1.807, 2.05) is 12.1 Å². The van der Waals surface area contributed by atoms with Gasteiger partial charge in [0.05, 0.1) is 44.1 Å². The third-order valence-corrected chi connectivity index (χ3v) is 24.0. The Bertz CT molecular complexity index is 8030. The van der Waals surface area contributed by atoms with Gasteiger partial charge in [0.2, 0.25) is 0 Å². The molecule has 0 unspecified atom stereocenters. The van der Waals surface area contributed by atoms with Gasteiger partial charge in [-0.3, -0.25) is 0 Å². The Morgan fingerprint density at radius 2 is 0.430 bits per heavy atom. The van der Waals surface area contributed by atoms with Gasteiger partial charge in [0.25, 0.3) is 0 Å². The first-order chi connectivity index (χ1) is 56.5. The molecule has 114 heavy (non-hydrogen) atoms. The van der Waals surface area contributed by atoms with E-state index in [1.54, 1.807) is 0 Å². The molecule has 0 amide bonds. The Labute approximate surface area is 655 Å². The van der Waals surface area contributed by atoms with Crippen LogP contribution in [-0.2, 0) is 0 Å². The Hall–Kier alpha value is -15.2. The van der Waals surface area contributed by atoms with Crippen LogP contribution in [0.1, 0.15) is 0 Å². The minimum atomic E-state index is 0.890. The molecule has 0 aliphatic rings. The number of para-hydroxylation sites is 4. The minimum Gasteiger partial charge on any atom is -0.456 e. The smallest absolute Gasteiger partial charge is 0.160 e. The Balaban J connectivity index is 0.546. The molecule has 0 saturated heterocycles. The van der Waals surface area contributed by atoms with Gasteiger partial charge in [-0.05, 0) is 193 Å². The highest BCUT2D eigenvalue weighted by atomic mass is 16.3. The fourth-order valence-corrected chi connectivity index (χ4v) is 18.5. The quantitative estimate of drug-likeness (QED) is 0.130. The molecule has 0 bridgehead atoms. The predicted molar refractivity (Wildman–Crippen MR) is 476 cm³/mol. The van der Waals surface area contributed by atoms with Crippen LogP contribution in [0.4, 0.5) is 0 Å². The number of rotatable bonds is 11. The lowest BCUT2D eigenvalue weighted by molar-refractivity contribution is 0.669. The molecule has 18 aromatic carbocycles. The highest BCUT2D eigenvalue weighted by molar-refractivity contribution is 6.22. The topological polar surface area (TPSA) is 46.0 Å². The molecule has 0 N–H and O–H groups in total. The van der Waals surface area contributed by atoms with E-state index in [4.69, 9.17) is 8.83 Å². The normalized spacial score (nSPS) is 12.0. The second-order valence-electron chi connectivity index (χ2n) is 30.3. The lowest BCUT2D eigenvalue weighted by Gasteiger charge is -2.13. The minimum absolute atomic E-state index is 0.890. The van der Waals surface area contributed by atoms with Crippen molar-refractivity contribution in [2.24, 2.45) is 0 Å². The van der Waals surface area contributed by atoms with E-state index in [9.17, 15) is 0 Å². The fraction of sp³-hybridized carbons (Fsp3) is 0. The van der Waals surface area contributed by atoms with Crippen LogP contribution < -0.4 is 0 Å². The molecule has 6 heterocycles. The second-order valence-corrected chi connectivity index (χ2v) is 30.3. The zero-order chi connectivity index (χ0) is 74.6. The van der Waals surface area contributed by atoms with Crippen LogP contribution in [-0.4, -0.2) is 18.3 Å². The molecule has 0 saturated carbocycles. The summed E-state index contributed by atoms with van der Waals surface area (Å²) < 4.78 is 22.8. The number of fused-ring (bicyclic) bond motifs is 19. The van der Waals surface area contributed by atoms with Crippen molar-refractivity contribution in [2.75, 3.05) is 0 Å². The van der Waals surface area contributed by atoms with Gasteiger partial charge in [0.1, 0.15) is 16.7 Å². The molecule has 6 aromatic heterocycles. The first kappa shape index (κ1) is 63.7. The molecule has 0 spiro atoms. The molecule has 24 aromatic rings. The number of hydrogen-bond donors (Lipinski definition) is 0. The van der Waals surface area contributed by atoms with Crippen molar-refractivity contribution >= 4 is 131 Å². The second kappa shape index (κ2) is 25.2. The van der Waals surface area contributed by atoms with Crippen molar-refractivity contribution in [1.29, 1.82) is 0 Å². The molecular weight excluding hydrogens is 1390 g/mol. The number of hydrogen-bond acceptors (Lipinski definition) is 2. The van der Waals surface area contributed by atoms with E-state index in [0.29, 0.717) is 0 Å². The fourth-order valence-electron chi connectivity index (χ4n) is 18.5. The van der Waals surface area contributed by atoms with Crippen LogP contribution >= 0.6 is 0 Å². The van der Waals surface area contributed by atoms with Crippen molar-refractivity contribution in [1.82, 2.24) is 18.3 Å². The van der Waals surface area contributed by atoms with Crippen molar-refractivity contribution < 1.29 is 8.83 Å². The summed E-state index contributed by atoms with van der Waals surface area (Å²) in [5.74, 6) is 0. The van der Waals surface area contributed by atoms with Gasteiger partial charge in [-0.1, -0.05) is 279 Å². The lowest BCUT2D eigenvalue weighted by Crippen LogP contribution is -1.95. The molecule has 530 valence electrons. The van der Waals surface area contributed by atoms with E-state index in [0.717, 1.165) is 166 Å². The zero-order valence-corrected chi connectivity index (χ0v) is 61.7. The van der Waals surface area contributed by atoms with Crippen LogP contribution in [0.2, 0.25) is 0 Å². The molecular formula is C108H66N4O2. The maximum Gasteiger partial charge on any atom is 0.160 e. The maximum atomic E-state index is 6.68. The highest BCUT2D eigenvalue weighted by Gasteiger charge is 2.23. The van der Waals surface area contributed by atoms with E-state index in [-0.39, 0.29) is 0 Å². The van der Waals surface area contributed by atoms with Gasteiger partial charge in [-0.15, -0.1) is 0 Å². The Kier molecular flexibility index (Phi) is 14.0. The molecule has 0 radical (unpaired) electrons. The standard InChI is InChI=1S/C108H66N4O2/c1-3-16-67(17-4-1)77-42-54-87-89-56-44-79(63-101(89)110(99(87)61-77)82-48-36-70(37-49-82)69-34-46-81(47-35-69)109-97-26-11-8-23-86(97)95-65-96-92-25-10-13-28-104(92)113-106(96)66-103(95)109)74-32-30-73(31-33-74)75-20-15-21-76(60-75)80-45-57-90-88-55-43-78(68-18-5-2-6-19-68)62-100(88)111(102(90)64-80)83-50-38-71(39-51-83)72-40-52-84(53-41-72)112-98-27-12-7-22-85(98)93-58-59-94-91-24-9-14-29-105(91)114-108(94)107(93)112/h1-66H. The number of benzene rings is 18. The monoisotopic (exact) mass is 1450 g/mol. The SMILES string of the molecule is c1ccc(-c2ccc3c4ccc(-c5ccc(-c6cccc(-c7ccc8c9ccc(-c%10ccccc%10)cc9n(-c9ccc(-c%10ccc(-n%11c%12ccccc%12c%12ccc%13c%14ccccc%14oc%13c%12%11)cc%10)cc9)c8c7)c6)cc5)cc4n(-c4ccc(-c5ccc(-n6c7ccccc7c7cc8c(cc76)oc6ccccc68)cc5)cc4)c3c2)cc1.